The van der Waals surface area contributed by atoms with Crippen LogP contribution in [0, 0.1) is 19.8 Å². The average Bonchev–Trinajstić information content (AvgIpc) is 2.38. The first-order valence-electron chi connectivity index (χ1n) is 7.03. The Bertz CT molecular complexity index is 537. The summed E-state index contributed by atoms with van der Waals surface area (Å²) in [6.07, 6.45) is 0. The van der Waals surface area contributed by atoms with Crippen LogP contribution in [0.1, 0.15) is 30.5 Å². The van der Waals surface area contributed by atoms with E-state index < -0.39 is 0 Å². The summed E-state index contributed by atoms with van der Waals surface area (Å²) in [5, 5.41) is 2.67. The maximum absolute atomic E-state index is 12.1. The summed E-state index contributed by atoms with van der Waals surface area (Å²) >= 11 is 0. The maximum Gasteiger partial charge on any atom is 0.243 e. The normalized spacial score (nSPS) is 19.4. The van der Waals surface area contributed by atoms with Gasteiger partial charge in [-0.05, 0) is 36.5 Å². The lowest BCUT2D eigenvalue weighted by Crippen LogP contribution is -2.59. The Balaban J connectivity index is 2.25. The van der Waals surface area contributed by atoms with E-state index in [9.17, 15) is 9.59 Å². The quantitative estimate of drug-likeness (QED) is 0.913. The molecule has 1 aromatic carbocycles. The number of nitrogens with one attached hydrogen (secondary N) is 1. The van der Waals surface area contributed by atoms with Crippen molar-refractivity contribution in [2.24, 2.45) is 5.92 Å². The van der Waals surface area contributed by atoms with E-state index in [1.54, 1.807) is 4.90 Å². The molecule has 4 nitrogen and oxygen atoms in total. The third-order valence-electron chi connectivity index (χ3n) is 3.89. The van der Waals surface area contributed by atoms with E-state index in [4.69, 9.17) is 0 Å². The van der Waals surface area contributed by atoms with Gasteiger partial charge >= 0.3 is 0 Å². The molecular formula is C16H22N2O2. The first-order chi connectivity index (χ1) is 9.40. The molecule has 0 radical (unpaired) electrons. The molecule has 1 aliphatic rings. The molecule has 20 heavy (non-hydrogen) atoms. The number of rotatable bonds is 3. The number of amides is 2. The number of hydrogen-bond acceptors (Lipinski definition) is 2. The number of piperazine rings is 1. The highest BCUT2D eigenvalue weighted by Gasteiger charge is 2.36. The van der Waals surface area contributed by atoms with Gasteiger partial charge in [0.25, 0.3) is 0 Å². The standard InChI is InChI=1S/C16H22N2O2/c1-10(2)15-16(20)17-8-14(19)18(15)9-13-6-5-11(3)12(4)7-13/h5-7,10,15H,8-9H2,1-4H3,(H,17,20). The highest BCUT2D eigenvalue weighted by molar-refractivity contribution is 5.94. The largest absolute Gasteiger partial charge is 0.345 e. The fraction of sp³-hybridized carbons (Fsp3) is 0.500. The number of aryl methyl sites for hydroxylation is 2. The van der Waals surface area contributed by atoms with Crippen LogP contribution in [0.15, 0.2) is 18.2 Å². The molecule has 1 heterocycles. The molecule has 4 heteroatoms. The second-order valence-corrected chi connectivity index (χ2v) is 5.85. The van der Waals surface area contributed by atoms with E-state index in [2.05, 4.69) is 31.3 Å². The summed E-state index contributed by atoms with van der Waals surface area (Å²) in [7, 11) is 0. The summed E-state index contributed by atoms with van der Waals surface area (Å²) in [4.78, 5) is 25.8. The fourth-order valence-electron chi connectivity index (χ4n) is 2.61. The summed E-state index contributed by atoms with van der Waals surface area (Å²) < 4.78 is 0. The second-order valence-electron chi connectivity index (χ2n) is 5.85. The van der Waals surface area contributed by atoms with Gasteiger partial charge < -0.3 is 10.2 Å². The lowest BCUT2D eigenvalue weighted by atomic mass is 9.98. The Hall–Kier alpha value is -1.84. The molecule has 0 aromatic heterocycles. The monoisotopic (exact) mass is 274 g/mol. The SMILES string of the molecule is Cc1ccc(CN2C(=O)CNC(=O)C2C(C)C)cc1C. The lowest BCUT2D eigenvalue weighted by molar-refractivity contribution is -0.148. The van der Waals surface area contributed by atoms with Gasteiger partial charge in [-0.3, -0.25) is 9.59 Å². The number of benzene rings is 1. The van der Waals surface area contributed by atoms with Gasteiger partial charge in [0.2, 0.25) is 11.8 Å². The molecule has 1 atom stereocenters. The summed E-state index contributed by atoms with van der Waals surface area (Å²) in [6.45, 7) is 8.66. The van der Waals surface area contributed by atoms with Gasteiger partial charge in [-0.25, -0.2) is 0 Å². The summed E-state index contributed by atoms with van der Waals surface area (Å²) in [6, 6.07) is 5.80. The van der Waals surface area contributed by atoms with Crippen molar-refractivity contribution in [3.63, 3.8) is 0 Å². The van der Waals surface area contributed by atoms with Crippen molar-refractivity contribution in [1.82, 2.24) is 10.2 Å². The number of carbonyl (C=O) groups excluding carboxylic acids is 2. The molecule has 2 rings (SSSR count). The first-order valence-corrected chi connectivity index (χ1v) is 7.03. The number of nitrogens with zero attached hydrogens (tertiary/aromatic N) is 1. The third-order valence-corrected chi connectivity index (χ3v) is 3.89. The molecule has 1 N–H and O–H groups in total. The summed E-state index contributed by atoms with van der Waals surface area (Å²) in [5.41, 5.74) is 3.51. The van der Waals surface area contributed by atoms with Gasteiger partial charge in [-0.15, -0.1) is 0 Å². The van der Waals surface area contributed by atoms with Gasteiger partial charge in [0.1, 0.15) is 6.04 Å². The molecular weight excluding hydrogens is 252 g/mol. The minimum Gasteiger partial charge on any atom is -0.345 e. The predicted molar refractivity (Wildman–Crippen MR) is 78.1 cm³/mol. The topological polar surface area (TPSA) is 49.4 Å². The van der Waals surface area contributed by atoms with Crippen molar-refractivity contribution in [1.29, 1.82) is 0 Å². The minimum atomic E-state index is -0.377. The van der Waals surface area contributed by atoms with Crippen LogP contribution in [-0.2, 0) is 16.1 Å². The molecule has 1 unspecified atom stereocenters. The maximum atomic E-state index is 12.1. The van der Waals surface area contributed by atoms with Crippen LogP contribution in [0.2, 0.25) is 0 Å². The molecule has 108 valence electrons. The average molecular weight is 274 g/mol. The molecule has 2 amide bonds. The number of carbonyl (C=O) groups is 2. The Morgan fingerprint density at radius 2 is 1.95 bits per heavy atom. The van der Waals surface area contributed by atoms with Crippen molar-refractivity contribution in [2.75, 3.05) is 6.54 Å². The molecule has 0 aliphatic carbocycles. The van der Waals surface area contributed by atoms with E-state index in [1.807, 2.05) is 19.9 Å². The van der Waals surface area contributed by atoms with E-state index >= 15 is 0 Å². The van der Waals surface area contributed by atoms with Crippen molar-refractivity contribution in [2.45, 2.75) is 40.3 Å². The van der Waals surface area contributed by atoms with Crippen LogP contribution in [-0.4, -0.2) is 29.3 Å². The minimum absolute atomic E-state index is 0.0125. The molecule has 0 saturated carbocycles. The van der Waals surface area contributed by atoms with Crippen LogP contribution in [0.25, 0.3) is 0 Å². The van der Waals surface area contributed by atoms with Gasteiger partial charge in [-0.2, -0.15) is 0 Å². The molecule has 0 bridgehead atoms. The van der Waals surface area contributed by atoms with Crippen LogP contribution in [0.3, 0.4) is 0 Å². The molecule has 1 saturated heterocycles. The Morgan fingerprint density at radius 1 is 1.25 bits per heavy atom. The molecule has 1 aliphatic heterocycles. The van der Waals surface area contributed by atoms with E-state index in [0.717, 1.165) is 5.56 Å². The molecule has 1 aromatic rings. The zero-order valence-corrected chi connectivity index (χ0v) is 12.6. The molecule has 0 spiro atoms. The van der Waals surface area contributed by atoms with Gasteiger partial charge in [0.15, 0.2) is 0 Å². The Kier molecular flexibility index (Phi) is 4.12. The third kappa shape index (κ3) is 2.84. The first kappa shape index (κ1) is 14.6. The predicted octanol–water partition coefficient (Wildman–Crippen LogP) is 1.79. The van der Waals surface area contributed by atoms with Crippen molar-refractivity contribution >= 4 is 11.8 Å². The lowest BCUT2D eigenvalue weighted by Gasteiger charge is -2.37. The van der Waals surface area contributed by atoms with Gasteiger partial charge in [0, 0.05) is 6.54 Å². The van der Waals surface area contributed by atoms with E-state index in [0.29, 0.717) is 6.54 Å². The van der Waals surface area contributed by atoms with E-state index in [1.165, 1.54) is 11.1 Å². The van der Waals surface area contributed by atoms with Crippen LogP contribution in [0.4, 0.5) is 0 Å². The van der Waals surface area contributed by atoms with Crippen LogP contribution < -0.4 is 5.32 Å². The van der Waals surface area contributed by atoms with Gasteiger partial charge in [0.05, 0.1) is 6.54 Å². The highest BCUT2D eigenvalue weighted by Crippen LogP contribution is 2.19. The van der Waals surface area contributed by atoms with Crippen LogP contribution >= 0.6 is 0 Å². The number of hydrogen-bond donors (Lipinski definition) is 1. The summed E-state index contributed by atoms with van der Waals surface area (Å²) in [5.74, 6) is 0.0377. The molecule has 1 fully saturated rings. The van der Waals surface area contributed by atoms with Crippen molar-refractivity contribution in [3.8, 4) is 0 Å². The van der Waals surface area contributed by atoms with E-state index in [-0.39, 0.29) is 30.3 Å². The second kappa shape index (κ2) is 5.65. The fourth-order valence-corrected chi connectivity index (χ4v) is 2.61. The zero-order chi connectivity index (χ0) is 14.9. The van der Waals surface area contributed by atoms with Crippen LogP contribution in [0.5, 0.6) is 0 Å². The Morgan fingerprint density at radius 3 is 2.55 bits per heavy atom. The highest BCUT2D eigenvalue weighted by atomic mass is 16.2. The van der Waals surface area contributed by atoms with Crippen molar-refractivity contribution < 1.29 is 9.59 Å². The zero-order valence-electron chi connectivity index (χ0n) is 12.6. The smallest absolute Gasteiger partial charge is 0.243 e. The van der Waals surface area contributed by atoms with Crippen molar-refractivity contribution in [3.05, 3.63) is 34.9 Å². The van der Waals surface area contributed by atoms with Gasteiger partial charge in [-0.1, -0.05) is 32.0 Å². The Labute approximate surface area is 120 Å².